The van der Waals surface area contributed by atoms with Gasteiger partial charge in [0.2, 0.25) is 10.0 Å². The van der Waals surface area contributed by atoms with Crippen molar-refractivity contribution in [2.45, 2.75) is 19.3 Å². The molecule has 1 spiro atoms. The van der Waals surface area contributed by atoms with Crippen LogP contribution in [0.1, 0.15) is 29.6 Å². The van der Waals surface area contributed by atoms with Crippen LogP contribution >= 0.6 is 0 Å². The van der Waals surface area contributed by atoms with Gasteiger partial charge in [0.1, 0.15) is 0 Å². The molecule has 0 radical (unpaired) electrons. The van der Waals surface area contributed by atoms with Gasteiger partial charge in [-0.05, 0) is 55.5 Å². The van der Waals surface area contributed by atoms with E-state index in [4.69, 9.17) is 0 Å². The molecule has 0 saturated carbocycles. The molecule has 23 heavy (non-hydrogen) atoms. The number of likely N-dealkylation sites (tertiary alicyclic amines) is 1. The van der Waals surface area contributed by atoms with Crippen molar-refractivity contribution >= 4 is 21.6 Å². The molecule has 1 aromatic carbocycles. The molecular weight excluding hydrogens is 314 g/mol. The fourth-order valence-corrected chi connectivity index (χ4v) is 4.05. The van der Waals surface area contributed by atoms with E-state index in [-0.39, 0.29) is 5.91 Å². The van der Waals surface area contributed by atoms with E-state index in [1.807, 2.05) is 4.90 Å². The molecule has 1 amide bonds. The van der Waals surface area contributed by atoms with E-state index in [0.717, 1.165) is 45.3 Å². The van der Waals surface area contributed by atoms with Crippen LogP contribution in [0.25, 0.3) is 0 Å². The van der Waals surface area contributed by atoms with Gasteiger partial charge >= 0.3 is 0 Å². The van der Waals surface area contributed by atoms with Crippen LogP contribution in [0.5, 0.6) is 0 Å². The molecule has 2 aliphatic heterocycles. The summed E-state index contributed by atoms with van der Waals surface area (Å²) in [5.41, 5.74) is 1.46. The molecule has 0 unspecified atom stereocenters. The summed E-state index contributed by atoms with van der Waals surface area (Å²) in [6.45, 7) is 3.75. The van der Waals surface area contributed by atoms with E-state index < -0.39 is 10.0 Å². The highest BCUT2D eigenvalue weighted by atomic mass is 32.2. The highest BCUT2D eigenvalue weighted by Crippen LogP contribution is 2.37. The third-order valence-electron chi connectivity index (χ3n) is 4.88. The Morgan fingerprint density at radius 3 is 2.35 bits per heavy atom. The Hall–Kier alpha value is -1.60. The molecule has 1 aromatic rings. The molecule has 2 aliphatic rings. The first-order valence-electron chi connectivity index (χ1n) is 7.95. The number of piperidine rings is 1. The Labute approximate surface area is 137 Å². The molecule has 3 rings (SSSR count). The Balaban J connectivity index is 1.62. The van der Waals surface area contributed by atoms with Crippen LogP contribution < -0.4 is 10.0 Å². The standard InChI is InChI=1S/C16H23N3O3S/c1-23(21,22)18-14-4-2-13(3-5-14)15(20)19-10-7-16(8-11-19)6-9-17-12-16/h2-5,17-18H,6-12H2,1H3. The summed E-state index contributed by atoms with van der Waals surface area (Å²) in [5, 5.41) is 3.42. The molecule has 2 saturated heterocycles. The third kappa shape index (κ3) is 3.84. The lowest BCUT2D eigenvalue weighted by Gasteiger charge is -2.38. The summed E-state index contributed by atoms with van der Waals surface area (Å²) >= 11 is 0. The zero-order valence-corrected chi connectivity index (χ0v) is 14.2. The van der Waals surface area contributed by atoms with E-state index >= 15 is 0 Å². The van der Waals surface area contributed by atoms with Gasteiger partial charge in [0.05, 0.1) is 6.26 Å². The van der Waals surface area contributed by atoms with Crippen molar-refractivity contribution in [3.8, 4) is 0 Å². The Morgan fingerprint density at radius 1 is 1.17 bits per heavy atom. The summed E-state index contributed by atoms with van der Waals surface area (Å²) in [5.74, 6) is 0.0247. The monoisotopic (exact) mass is 337 g/mol. The number of rotatable bonds is 3. The predicted octanol–water partition coefficient (Wildman–Crippen LogP) is 1.27. The molecule has 2 fully saturated rings. The number of hydrogen-bond acceptors (Lipinski definition) is 4. The van der Waals surface area contributed by atoms with E-state index in [1.54, 1.807) is 24.3 Å². The SMILES string of the molecule is CS(=O)(=O)Nc1ccc(C(=O)N2CCC3(CCNC3)CC2)cc1. The number of nitrogens with zero attached hydrogens (tertiary/aromatic N) is 1. The van der Waals surface area contributed by atoms with Crippen LogP contribution in [-0.2, 0) is 10.0 Å². The minimum atomic E-state index is -3.29. The fraction of sp³-hybridized carbons (Fsp3) is 0.562. The maximum Gasteiger partial charge on any atom is 0.253 e. The molecule has 126 valence electrons. The van der Waals surface area contributed by atoms with E-state index in [2.05, 4.69) is 10.0 Å². The second kappa shape index (κ2) is 6.13. The van der Waals surface area contributed by atoms with E-state index in [1.165, 1.54) is 6.42 Å². The number of benzene rings is 1. The van der Waals surface area contributed by atoms with Crippen LogP contribution in [0.15, 0.2) is 24.3 Å². The molecule has 7 heteroatoms. The maximum absolute atomic E-state index is 12.6. The van der Waals surface area contributed by atoms with Gasteiger partial charge in [0.25, 0.3) is 5.91 Å². The minimum absolute atomic E-state index is 0.0247. The second-order valence-corrected chi connectivity index (χ2v) is 8.42. The number of sulfonamides is 1. The highest BCUT2D eigenvalue weighted by molar-refractivity contribution is 7.92. The third-order valence-corrected chi connectivity index (χ3v) is 5.49. The molecule has 0 atom stereocenters. The summed E-state index contributed by atoms with van der Waals surface area (Å²) in [6.07, 6.45) is 4.42. The lowest BCUT2D eigenvalue weighted by molar-refractivity contribution is 0.0607. The summed E-state index contributed by atoms with van der Waals surface area (Å²) < 4.78 is 24.8. The normalized spacial score (nSPS) is 20.7. The summed E-state index contributed by atoms with van der Waals surface area (Å²) in [4.78, 5) is 14.5. The van der Waals surface area contributed by atoms with Gasteiger partial charge in [-0.1, -0.05) is 0 Å². The second-order valence-electron chi connectivity index (χ2n) is 6.67. The highest BCUT2D eigenvalue weighted by Gasteiger charge is 2.38. The number of amides is 1. The molecule has 0 bridgehead atoms. The Kier molecular flexibility index (Phi) is 4.33. The number of nitrogens with one attached hydrogen (secondary N) is 2. The van der Waals surface area contributed by atoms with Gasteiger partial charge in [0.15, 0.2) is 0 Å². The van der Waals surface area contributed by atoms with Gasteiger partial charge in [-0.25, -0.2) is 8.42 Å². The molecule has 6 nitrogen and oxygen atoms in total. The molecule has 0 aromatic heterocycles. The number of carbonyl (C=O) groups excluding carboxylic acids is 1. The number of hydrogen-bond donors (Lipinski definition) is 2. The van der Waals surface area contributed by atoms with Gasteiger partial charge in [-0.2, -0.15) is 0 Å². The molecule has 2 N–H and O–H groups in total. The van der Waals surface area contributed by atoms with Crippen molar-refractivity contribution in [1.29, 1.82) is 0 Å². The van der Waals surface area contributed by atoms with E-state index in [0.29, 0.717) is 16.7 Å². The summed E-state index contributed by atoms with van der Waals surface area (Å²) in [7, 11) is -3.29. The maximum atomic E-state index is 12.6. The Morgan fingerprint density at radius 2 is 1.83 bits per heavy atom. The average Bonchev–Trinajstić information content (AvgIpc) is 2.95. The number of anilines is 1. The van der Waals surface area contributed by atoms with Crippen molar-refractivity contribution in [3.63, 3.8) is 0 Å². The number of carbonyl (C=O) groups is 1. The first-order chi connectivity index (χ1) is 10.9. The Bertz CT molecular complexity index is 669. The smallest absolute Gasteiger partial charge is 0.253 e. The molecular formula is C16H23N3O3S. The van der Waals surface area contributed by atoms with Crippen molar-refractivity contribution in [1.82, 2.24) is 10.2 Å². The summed E-state index contributed by atoms with van der Waals surface area (Å²) in [6, 6.07) is 6.61. The van der Waals surface area contributed by atoms with Crippen LogP contribution in [0.3, 0.4) is 0 Å². The first-order valence-corrected chi connectivity index (χ1v) is 9.84. The average molecular weight is 337 g/mol. The van der Waals surface area contributed by atoms with E-state index in [9.17, 15) is 13.2 Å². The van der Waals surface area contributed by atoms with Crippen LogP contribution in [0.2, 0.25) is 0 Å². The van der Waals surface area contributed by atoms with Crippen molar-refractivity contribution in [3.05, 3.63) is 29.8 Å². The van der Waals surface area contributed by atoms with Crippen molar-refractivity contribution < 1.29 is 13.2 Å². The van der Waals surface area contributed by atoms with Crippen LogP contribution in [-0.4, -0.2) is 51.7 Å². The van der Waals surface area contributed by atoms with Gasteiger partial charge in [-0.3, -0.25) is 9.52 Å². The lowest BCUT2D eigenvalue weighted by atomic mass is 9.78. The van der Waals surface area contributed by atoms with Gasteiger partial charge in [-0.15, -0.1) is 0 Å². The lowest BCUT2D eigenvalue weighted by Crippen LogP contribution is -2.44. The topological polar surface area (TPSA) is 78.5 Å². The van der Waals surface area contributed by atoms with Gasteiger partial charge < -0.3 is 10.2 Å². The fourth-order valence-electron chi connectivity index (χ4n) is 3.48. The molecule has 2 heterocycles. The first kappa shape index (κ1) is 16.3. The largest absolute Gasteiger partial charge is 0.339 e. The predicted molar refractivity (Wildman–Crippen MR) is 90.0 cm³/mol. The van der Waals surface area contributed by atoms with Gasteiger partial charge in [0, 0.05) is 30.9 Å². The van der Waals surface area contributed by atoms with Crippen LogP contribution in [0, 0.1) is 5.41 Å². The zero-order chi connectivity index (χ0) is 16.5. The zero-order valence-electron chi connectivity index (χ0n) is 13.3. The van der Waals surface area contributed by atoms with Crippen molar-refractivity contribution in [2.24, 2.45) is 5.41 Å². The van der Waals surface area contributed by atoms with Crippen molar-refractivity contribution in [2.75, 3.05) is 37.2 Å². The van der Waals surface area contributed by atoms with Crippen LogP contribution in [0.4, 0.5) is 5.69 Å². The molecule has 0 aliphatic carbocycles. The quantitative estimate of drug-likeness (QED) is 0.871. The minimum Gasteiger partial charge on any atom is -0.339 e.